The van der Waals surface area contributed by atoms with Gasteiger partial charge in [0.15, 0.2) is 11.6 Å². The van der Waals surface area contributed by atoms with Gasteiger partial charge in [0.1, 0.15) is 5.76 Å². The van der Waals surface area contributed by atoms with E-state index in [0.717, 1.165) is 0 Å². The standard InChI is InChI=1S/C14H20O5/c1-4-6-9(15)12-10(16)7-14(5-2,8-11(12)17)13(18)19-3/h15H,4-8H2,1-3H3. The SMILES string of the molecule is CCCC(O)=C1C(=O)CC(CC)(C(=O)OC)CC1=O. The third kappa shape index (κ3) is 2.85. The molecule has 1 fully saturated rings. The van der Waals surface area contributed by atoms with Gasteiger partial charge in [0, 0.05) is 19.3 Å². The monoisotopic (exact) mass is 268 g/mol. The molecule has 0 aromatic heterocycles. The number of ether oxygens (including phenoxy) is 1. The van der Waals surface area contributed by atoms with Crippen LogP contribution in [-0.4, -0.2) is 29.8 Å². The minimum absolute atomic E-state index is 0.0784. The Morgan fingerprint density at radius 2 is 1.79 bits per heavy atom. The molecule has 0 saturated heterocycles. The van der Waals surface area contributed by atoms with Crippen LogP contribution in [0.5, 0.6) is 0 Å². The van der Waals surface area contributed by atoms with Gasteiger partial charge in [-0.15, -0.1) is 0 Å². The molecule has 5 heteroatoms. The molecule has 0 heterocycles. The van der Waals surface area contributed by atoms with Crippen molar-refractivity contribution in [3.8, 4) is 0 Å². The highest BCUT2D eigenvalue weighted by Crippen LogP contribution is 2.39. The number of allylic oxidation sites excluding steroid dienone is 2. The van der Waals surface area contributed by atoms with Gasteiger partial charge in [0.25, 0.3) is 0 Å². The van der Waals surface area contributed by atoms with Crippen LogP contribution in [-0.2, 0) is 19.1 Å². The van der Waals surface area contributed by atoms with Crippen molar-refractivity contribution in [1.82, 2.24) is 0 Å². The van der Waals surface area contributed by atoms with Gasteiger partial charge in [-0.1, -0.05) is 13.8 Å². The minimum Gasteiger partial charge on any atom is -0.511 e. The van der Waals surface area contributed by atoms with E-state index >= 15 is 0 Å². The molecule has 5 nitrogen and oxygen atoms in total. The van der Waals surface area contributed by atoms with Crippen molar-refractivity contribution in [1.29, 1.82) is 0 Å². The summed E-state index contributed by atoms with van der Waals surface area (Å²) in [5.41, 5.74) is -1.20. The van der Waals surface area contributed by atoms with Crippen molar-refractivity contribution in [2.24, 2.45) is 5.41 Å². The Morgan fingerprint density at radius 3 is 2.16 bits per heavy atom. The van der Waals surface area contributed by atoms with Crippen LogP contribution in [0.25, 0.3) is 0 Å². The lowest BCUT2D eigenvalue weighted by molar-refractivity contribution is -0.158. The van der Waals surface area contributed by atoms with E-state index in [1.165, 1.54) is 7.11 Å². The maximum Gasteiger partial charge on any atom is 0.312 e. The Balaban J connectivity index is 3.11. The first-order chi connectivity index (χ1) is 8.91. The van der Waals surface area contributed by atoms with Crippen molar-refractivity contribution < 1.29 is 24.2 Å². The highest BCUT2D eigenvalue weighted by Gasteiger charge is 2.48. The second kappa shape index (κ2) is 5.99. The highest BCUT2D eigenvalue weighted by molar-refractivity contribution is 6.24. The van der Waals surface area contributed by atoms with Crippen LogP contribution in [0, 0.1) is 5.41 Å². The van der Waals surface area contributed by atoms with Crippen molar-refractivity contribution >= 4 is 17.5 Å². The van der Waals surface area contributed by atoms with E-state index in [-0.39, 0.29) is 24.2 Å². The fourth-order valence-corrected chi connectivity index (χ4v) is 2.45. The van der Waals surface area contributed by atoms with E-state index in [1.54, 1.807) is 6.92 Å². The van der Waals surface area contributed by atoms with E-state index in [0.29, 0.717) is 19.3 Å². The Hall–Kier alpha value is -1.65. The molecule has 0 aromatic rings. The molecule has 1 rings (SSSR count). The molecule has 0 bridgehead atoms. The number of hydrogen-bond donors (Lipinski definition) is 1. The Morgan fingerprint density at radius 1 is 1.26 bits per heavy atom. The molecule has 106 valence electrons. The molecule has 0 spiro atoms. The summed E-state index contributed by atoms with van der Waals surface area (Å²) in [6.45, 7) is 3.59. The Kier molecular flexibility index (Phi) is 4.86. The van der Waals surface area contributed by atoms with E-state index < -0.39 is 23.0 Å². The highest BCUT2D eigenvalue weighted by atomic mass is 16.5. The lowest BCUT2D eigenvalue weighted by atomic mass is 9.69. The third-order valence-electron chi connectivity index (χ3n) is 3.63. The number of aliphatic hydroxyl groups excluding tert-OH is 1. The van der Waals surface area contributed by atoms with Gasteiger partial charge in [-0.25, -0.2) is 0 Å². The Bertz CT molecular complexity index is 413. The molecule has 0 amide bonds. The molecular weight excluding hydrogens is 248 g/mol. The summed E-state index contributed by atoms with van der Waals surface area (Å²) in [6.07, 6.45) is 1.14. The quantitative estimate of drug-likeness (QED) is 0.365. The number of aliphatic hydroxyl groups is 1. The Labute approximate surface area is 112 Å². The van der Waals surface area contributed by atoms with Crippen LogP contribution in [0.3, 0.4) is 0 Å². The van der Waals surface area contributed by atoms with Crippen molar-refractivity contribution in [2.75, 3.05) is 7.11 Å². The number of rotatable bonds is 4. The number of hydrogen-bond acceptors (Lipinski definition) is 5. The lowest BCUT2D eigenvalue weighted by Gasteiger charge is -2.32. The lowest BCUT2D eigenvalue weighted by Crippen LogP contribution is -2.42. The van der Waals surface area contributed by atoms with Crippen LogP contribution in [0.1, 0.15) is 46.0 Å². The zero-order chi connectivity index (χ0) is 14.6. The smallest absolute Gasteiger partial charge is 0.312 e. The molecule has 0 aliphatic heterocycles. The van der Waals surface area contributed by atoms with Gasteiger partial charge in [0.2, 0.25) is 0 Å². The number of Topliss-reactive ketones (excluding diaryl/α,β-unsaturated/α-hetero) is 2. The van der Waals surface area contributed by atoms with Crippen LogP contribution < -0.4 is 0 Å². The molecule has 1 aliphatic carbocycles. The number of methoxy groups -OCH3 is 1. The number of esters is 1. The third-order valence-corrected chi connectivity index (χ3v) is 3.63. The molecule has 1 saturated carbocycles. The summed E-state index contributed by atoms with van der Waals surface area (Å²) in [5, 5.41) is 9.78. The van der Waals surface area contributed by atoms with Gasteiger partial charge >= 0.3 is 5.97 Å². The predicted octanol–water partition coefficient (Wildman–Crippen LogP) is 2.10. The fraction of sp³-hybridized carbons (Fsp3) is 0.643. The van der Waals surface area contributed by atoms with E-state index in [1.807, 2.05) is 6.92 Å². The largest absolute Gasteiger partial charge is 0.511 e. The molecule has 1 N–H and O–H groups in total. The van der Waals surface area contributed by atoms with Crippen LogP contribution >= 0.6 is 0 Å². The summed E-state index contributed by atoms with van der Waals surface area (Å²) in [5.74, 6) is -1.62. The molecule has 0 atom stereocenters. The average molecular weight is 268 g/mol. The summed E-state index contributed by atoms with van der Waals surface area (Å²) in [7, 11) is 1.24. The number of ketones is 2. The molecule has 0 aromatic carbocycles. The molecular formula is C14H20O5. The minimum atomic E-state index is -1.07. The molecule has 0 radical (unpaired) electrons. The average Bonchev–Trinajstić information content (AvgIpc) is 2.36. The van der Waals surface area contributed by atoms with Crippen LogP contribution in [0.2, 0.25) is 0 Å². The summed E-state index contributed by atoms with van der Waals surface area (Å²) in [6, 6.07) is 0. The summed E-state index contributed by atoms with van der Waals surface area (Å²) < 4.78 is 4.70. The van der Waals surface area contributed by atoms with Crippen LogP contribution in [0.15, 0.2) is 11.3 Å². The second-order valence-electron chi connectivity index (χ2n) is 4.90. The summed E-state index contributed by atoms with van der Waals surface area (Å²) >= 11 is 0. The zero-order valence-corrected chi connectivity index (χ0v) is 11.6. The topological polar surface area (TPSA) is 80.7 Å². The van der Waals surface area contributed by atoms with E-state index in [9.17, 15) is 19.5 Å². The maximum absolute atomic E-state index is 12.1. The van der Waals surface area contributed by atoms with Crippen molar-refractivity contribution in [3.05, 3.63) is 11.3 Å². The van der Waals surface area contributed by atoms with E-state index in [2.05, 4.69) is 0 Å². The number of carbonyl (C=O) groups is 3. The predicted molar refractivity (Wildman–Crippen MR) is 68.6 cm³/mol. The van der Waals surface area contributed by atoms with E-state index in [4.69, 9.17) is 4.74 Å². The molecule has 0 unspecified atom stereocenters. The summed E-state index contributed by atoms with van der Waals surface area (Å²) in [4.78, 5) is 35.9. The normalized spacial score (nSPS) is 23.4. The van der Waals surface area contributed by atoms with Crippen molar-refractivity contribution in [2.45, 2.75) is 46.0 Å². The van der Waals surface area contributed by atoms with Gasteiger partial charge < -0.3 is 9.84 Å². The van der Waals surface area contributed by atoms with Gasteiger partial charge in [-0.05, 0) is 12.8 Å². The van der Waals surface area contributed by atoms with Crippen LogP contribution in [0.4, 0.5) is 0 Å². The van der Waals surface area contributed by atoms with Crippen molar-refractivity contribution in [3.63, 3.8) is 0 Å². The number of carbonyl (C=O) groups excluding carboxylic acids is 3. The second-order valence-corrected chi connectivity index (χ2v) is 4.90. The van der Waals surface area contributed by atoms with Gasteiger partial charge in [0.05, 0.1) is 18.1 Å². The zero-order valence-electron chi connectivity index (χ0n) is 11.6. The first kappa shape index (κ1) is 15.4. The maximum atomic E-state index is 12.1. The first-order valence-corrected chi connectivity index (χ1v) is 6.48. The van der Waals surface area contributed by atoms with Gasteiger partial charge in [-0.3, -0.25) is 14.4 Å². The van der Waals surface area contributed by atoms with Gasteiger partial charge in [-0.2, -0.15) is 0 Å². The molecule has 1 aliphatic rings. The fourth-order valence-electron chi connectivity index (χ4n) is 2.45. The first-order valence-electron chi connectivity index (χ1n) is 6.48. The molecule has 19 heavy (non-hydrogen) atoms.